The zero-order chi connectivity index (χ0) is 23.8. The third kappa shape index (κ3) is 7.35. The van der Waals surface area contributed by atoms with E-state index in [4.69, 9.17) is 9.47 Å². The summed E-state index contributed by atoms with van der Waals surface area (Å²) in [6.07, 6.45) is 0. The molecular weight excluding hydrogens is 456 g/mol. The smallest absolute Gasteiger partial charge is 0.338 e. The lowest BCUT2D eigenvalue weighted by Gasteiger charge is -2.09. The average molecular weight is 475 g/mol. The van der Waals surface area contributed by atoms with E-state index < -0.39 is 42.6 Å². The second-order valence-electron chi connectivity index (χ2n) is 6.70. The minimum atomic E-state index is -1.11. The molecule has 172 valence electrons. The van der Waals surface area contributed by atoms with Crippen molar-refractivity contribution in [3.05, 3.63) is 75.7 Å². The van der Waals surface area contributed by atoms with Gasteiger partial charge in [0.25, 0.3) is 5.91 Å². The Labute approximate surface area is 191 Å². The second-order valence-corrected chi connectivity index (χ2v) is 7.77. The van der Waals surface area contributed by atoms with Gasteiger partial charge in [0.05, 0.1) is 22.8 Å². The highest BCUT2D eigenvalue weighted by molar-refractivity contribution is 7.09. The Morgan fingerprint density at radius 3 is 2.61 bits per heavy atom. The standard InChI is InChI=1S/C22H19F2N3O5S/c1-13-26-16(12-33-13)10-31-17-4-2-3-14(7-17)22(30)32-11-21(29)25-9-20(28)27-15-5-6-18(23)19(24)8-15/h2-8,12H,9-11H2,1H3,(H,25,29)(H,27,28). The fraction of sp³-hybridized carbons (Fsp3) is 0.182. The Balaban J connectivity index is 1.41. The maximum Gasteiger partial charge on any atom is 0.338 e. The normalized spacial score (nSPS) is 10.4. The summed E-state index contributed by atoms with van der Waals surface area (Å²) in [7, 11) is 0. The Morgan fingerprint density at radius 1 is 1.06 bits per heavy atom. The van der Waals surface area contributed by atoms with Gasteiger partial charge in [-0.25, -0.2) is 18.6 Å². The molecule has 2 aromatic carbocycles. The van der Waals surface area contributed by atoms with E-state index in [1.165, 1.54) is 29.5 Å². The van der Waals surface area contributed by atoms with Gasteiger partial charge in [0.1, 0.15) is 12.4 Å². The third-order valence-electron chi connectivity index (χ3n) is 4.11. The lowest BCUT2D eigenvalue weighted by atomic mass is 10.2. The van der Waals surface area contributed by atoms with Gasteiger partial charge in [-0.2, -0.15) is 0 Å². The number of carbonyl (C=O) groups excluding carboxylic acids is 3. The van der Waals surface area contributed by atoms with Crippen LogP contribution in [-0.2, 0) is 20.9 Å². The van der Waals surface area contributed by atoms with Crippen LogP contribution in [0.3, 0.4) is 0 Å². The predicted octanol–water partition coefficient (Wildman–Crippen LogP) is 3.22. The van der Waals surface area contributed by atoms with Gasteiger partial charge in [0.15, 0.2) is 18.2 Å². The number of nitrogens with one attached hydrogen (secondary N) is 2. The molecule has 8 nitrogen and oxygen atoms in total. The molecule has 33 heavy (non-hydrogen) atoms. The third-order valence-corrected chi connectivity index (χ3v) is 4.93. The summed E-state index contributed by atoms with van der Waals surface area (Å²) in [6.45, 7) is 1.08. The van der Waals surface area contributed by atoms with Crippen LogP contribution < -0.4 is 15.4 Å². The molecule has 0 aliphatic heterocycles. The Kier molecular flexibility index (Phi) is 8.03. The summed E-state index contributed by atoms with van der Waals surface area (Å²) < 4.78 is 36.6. The van der Waals surface area contributed by atoms with Crippen LogP contribution in [0.4, 0.5) is 14.5 Å². The number of esters is 1. The number of carbonyl (C=O) groups is 3. The number of thiazole rings is 1. The van der Waals surface area contributed by atoms with E-state index in [2.05, 4.69) is 15.6 Å². The van der Waals surface area contributed by atoms with Crippen molar-refractivity contribution in [2.45, 2.75) is 13.5 Å². The van der Waals surface area contributed by atoms with Crippen molar-refractivity contribution in [2.75, 3.05) is 18.5 Å². The van der Waals surface area contributed by atoms with Gasteiger partial charge < -0.3 is 20.1 Å². The highest BCUT2D eigenvalue weighted by atomic mass is 32.1. The molecule has 0 spiro atoms. The van der Waals surface area contributed by atoms with Gasteiger partial charge in [0.2, 0.25) is 5.91 Å². The molecule has 0 aliphatic rings. The first-order valence-corrected chi connectivity index (χ1v) is 10.5. The van der Waals surface area contributed by atoms with Crippen LogP contribution in [0.15, 0.2) is 47.8 Å². The number of aryl methyl sites for hydroxylation is 1. The maximum atomic E-state index is 13.2. The van der Waals surface area contributed by atoms with Crippen LogP contribution in [0, 0.1) is 18.6 Å². The number of anilines is 1. The molecule has 0 saturated carbocycles. The van der Waals surface area contributed by atoms with E-state index in [0.29, 0.717) is 5.75 Å². The van der Waals surface area contributed by atoms with Crippen LogP contribution in [0.25, 0.3) is 0 Å². The van der Waals surface area contributed by atoms with Crippen LogP contribution in [-0.4, -0.2) is 35.9 Å². The van der Waals surface area contributed by atoms with Gasteiger partial charge >= 0.3 is 5.97 Å². The zero-order valence-electron chi connectivity index (χ0n) is 17.4. The number of halogens is 2. The molecule has 0 saturated heterocycles. The van der Waals surface area contributed by atoms with E-state index in [9.17, 15) is 23.2 Å². The Hall–Kier alpha value is -3.86. The number of aromatic nitrogens is 1. The lowest BCUT2D eigenvalue weighted by molar-refractivity contribution is -0.126. The molecule has 0 bridgehead atoms. The number of nitrogens with zero attached hydrogens (tertiary/aromatic N) is 1. The van der Waals surface area contributed by atoms with E-state index in [0.717, 1.165) is 22.8 Å². The van der Waals surface area contributed by atoms with Crippen LogP contribution in [0.2, 0.25) is 0 Å². The number of benzene rings is 2. The molecule has 0 fully saturated rings. The molecule has 0 radical (unpaired) electrons. The Bertz CT molecular complexity index is 1170. The quantitative estimate of drug-likeness (QED) is 0.461. The van der Waals surface area contributed by atoms with Crippen molar-refractivity contribution >= 4 is 34.8 Å². The molecule has 1 heterocycles. The molecule has 0 aliphatic carbocycles. The molecule has 2 N–H and O–H groups in total. The summed E-state index contributed by atoms with van der Waals surface area (Å²) in [5, 5.41) is 7.36. The zero-order valence-corrected chi connectivity index (χ0v) is 18.2. The van der Waals surface area contributed by atoms with Gasteiger partial charge in [-0.05, 0) is 37.3 Å². The number of ether oxygens (including phenoxy) is 2. The molecular formula is C22H19F2N3O5S. The summed E-state index contributed by atoms with van der Waals surface area (Å²) in [6, 6.07) is 9.13. The molecule has 3 rings (SSSR count). The SMILES string of the molecule is Cc1nc(COc2cccc(C(=O)OCC(=O)NCC(=O)Nc3ccc(F)c(F)c3)c2)cs1. The van der Waals surface area contributed by atoms with Crippen LogP contribution >= 0.6 is 11.3 Å². The van der Waals surface area contributed by atoms with E-state index in [1.54, 1.807) is 12.1 Å². The fourth-order valence-electron chi connectivity index (χ4n) is 2.57. The van der Waals surface area contributed by atoms with Crippen molar-refractivity contribution < 1.29 is 32.6 Å². The summed E-state index contributed by atoms with van der Waals surface area (Å²) in [5.74, 6) is -3.85. The summed E-state index contributed by atoms with van der Waals surface area (Å²) >= 11 is 1.51. The van der Waals surface area contributed by atoms with Gasteiger partial charge in [0, 0.05) is 17.1 Å². The van der Waals surface area contributed by atoms with Crippen molar-refractivity contribution in [3.8, 4) is 5.75 Å². The van der Waals surface area contributed by atoms with E-state index >= 15 is 0 Å². The predicted molar refractivity (Wildman–Crippen MR) is 116 cm³/mol. The minimum Gasteiger partial charge on any atom is -0.487 e. The fourth-order valence-corrected chi connectivity index (χ4v) is 3.17. The monoisotopic (exact) mass is 475 g/mol. The van der Waals surface area contributed by atoms with Crippen LogP contribution in [0.5, 0.6) is 5.75 Å². The van der Waals surface area contributed by atoms with Gasteiger partial charge in [-0.15, -0.1) is 11.3 Å². The molecule has 2 amide bonds. The topological polar surface area (TPSA) is 107 Å². The van der Waals surface area contributed by atoms with Crippen molar-refractivity contribution in [2.24, 2.45) is 0 Å². The number of amides is 2. The second kappa shape index (κ2) is 11.1. The first-order valence-electron chi connectivity index (χ1n) is 9.63. The van der Waals surface area contributed by atoms with Crippen molar-refractivity contribution in [1.82, 2.24) is 10.3 Å². The molecule has 0 atom stereocenters. The molecule has 1 aromatic heterocycles. The maximum absolute atomic E-state index is 13.2. The number of rotatable bonds is 9. The Morgan fingerprint density at radius 2 is 1.88 bits per heavy atom. The first-order chi connectivity index (χ1) is 15.8. The summed E-state index contributed by atoms with van der Waals surface area (Å²) in [4.78, 5) is 40.2. The molecule has 0 unspecified atom stereocenters. The van der Waals surface area contributed by atoms with Gasteiger partial charge in [-0.3, -0.25) is 9.59 Å². The highest BCUT2D eigenvalue weighted by Crippen LogP contribution is 2.17. The van der Waals surface area contributed by atoms with Gasteiger partial charge in [-0.1, -0.05) is 6.07 Å². The summed E-state index contributed by atoms with van der Waals surface area (Å²) in [5.41, 5.74) is 0.994. The highest BCUT2D eigenvalue weighted by Gasteiger charge is 2.13. The largest absolute Gasteiger partial charge is 0.487 e. The van der Waals surface area contributed by atoms with E-state index in [1.807, 2.05) is 12.3 Å². The average Bonchev–Trinajstić information content (AvgIpc) is 3.22. The lowest BCUT2D eigenvalue weighted by Crippen LogP contribution is -2.35. The number of hydrogen-bond donors (Lipinski definition) is 2. The van der Waals surface area contributed by atoms with Crippen molar-refractivity contribution in [3.63, 3.8) is 0 Å². The van der Waals surface area contributed by atoms with Crippen LogP contribution in [0.1, 0.15) is 21.1 Å². The van der Waals surface area contributed by atoms with Crippen molar-refractivity contribution in [1.29, 1.82) is 0 Å². The first kappa shape index (κ1) is 23.8. The number of hydrogen-bond acceptors (Lipinski definition) is 7. The molecule has 3 aromatic rings. The minimum absolute atomic E-state index is 0.0339. The molecule has 11 heteroatoms. The van der Waals surface area contributed by atoms with E-state index in [-0.39, 0.29) is 17.9 Å².